The first-order valence-corrected chi connectivity index (χ1v) is 10.8. The second kappa shape index (κ2) is 7.87. The number of nitrogens with zero attached hydrogens (tertiary/aromatic N) is 1. The molecule has 1 aromatic carbocycles. The minimum absolute atomic E-state index is 0.0641. The predicted molar refractivity (Wildman–Crippen MR) is 102 cm³/mol. The maximum absolute atomic E-state index is 13.6. The van der Waals surface area contributed by atoms with Gasteiger partial charge in [-0.1, -0.05) is 18.2 Å². The van der Waals surface area contributed by atoms with Crippen LogP contribution in [-0.4, -0.2) is 42.9 Å². The van der Waals surface area contributed by atoms with Crippen LogP contribution in [0.15, 0.2) is 30.3 Å². The lowest BCUT2D eigenvalue weighted by Crippen LogP contribution is -2.18. The van der Waals surface area contributed by atoms with E-state index in [9.17, 15) is 22.4 Å². The number of esters is 1. The Bertz CT molecular complexity index is 1030. The molecule has 28 heavy (non-hydrogen) atoms. The Morgan fingerprint density at radius 2 is 1.96 bits per heavy atom. The molecule has 1 fully saturated rings. The molecule has 1 atom stereocenters. The summed E-state index contributed by atoms with van der Waals surface area (Å²) < 4.78 is 44.0. The number of aryl methyl sites for hydroxylation is 1. The summed E-state index contributed by atoms with van der Waals surface area (Å²) in [6.07, 6.45) is 0.267. The third kappa shape index (κ3) is 4.32. The highest BCUT2D eigenvalue weighted by molar-refractivity contribution is 7.91. The Morgan fingerprint density at radius 3 is 2.61 bits per heavy atom. The summed E-state index contributed by atoms with van der Waals surface area (Å²) in [7, 11) is -3.05. The van der Waals surface area contributed by atoms with Crippen LogP contribution >= 0.6 is 0 Å². The second-order valence-corrected chi connectivity index (χ2v) is 9.29. The van der Waals surface area contributed by atoms with Gasteiger partial charge in [0.05, 0.1) is 17.9 Å². The van der Waals surface area contributed by atoms with Crippen LogP contribution < -0.4 is 0 Å². The Morgan fingerprint density at radius 1 is 1.25 bits per heavy atom. The molecule has 0 radical (unpaired) electrons. The molecule has 1 aromatic heterocycles. The summed E-state index contributed by atoms with van der Waals surface area (Å²) in [5, 5.41) is 0. The van der Waals surface area contributed by atoms with E-state index in [1.165, 1.54) is 18.2 Å². The van der Waals surface area contributed by atoms with Crippen molar-refractivity contribution < 1.29 is 27.1 Å². The zero-order valence-electron chi connectivity index (χ0n) is 15.8. The second-order valence-electron chi connectivity index (χ2n) is 7.06. The molecule has 2 aromatic rings. The summed E-state index contributed by atoms with van der Waals surface area (Å²) in [6, 6.07) is 7.39. The van der Waals surface area contributed by atoms with Gasteiger partial charge in [-0.15, -0.1) is 0 Å². The van der Waals surface area contributed by atoms with E-state index in [0.717, 1.165) is 5.69 Å². The van der Waals surface area contributed by atoms with Gasteiger partial charge in [0.15, 0.2) is 16.4 Å². The molecule has 8 heteroatoms. The standard InChI is InChI=1S/C20H22FNO5S/c1-13-9-17(14(2)22(13)16-7-8-28(25,26)12-16)19(23)11-27-20(24)10-15-5-3-4-6-18(15)21/h3-6,9,16H,7-8,10-12H2,1-2H3/t16-/m1/s1. The number of halogens is 1. The summed E-state index contributed by atoms with van der Waals surface area (Å²) in [5.74, 6) is -1.35. The van der Waals surface area contributed by atoms with E-state index in [4.69, 9.17) is 4.74 Å². The predicted octanol–water partition coefficient (Wildman–Crippen LogP) is 2.57. The summed E-state index contributed by atoms with van der Waals surface area (Å²) in [6.45, 7) is 3.13. The average Bonchev–Trinajstić information content (AvgIpc) is 3.13. The Hall–Kier alpha value is -2.48. The fraction of sp³-hybridized carbons (Fsp3) is 0.400. The lowest BCUT2D eigenvalue weighted by Gasteiger charge is -2.16. The zero-order valence-corrected chi connectivity index (χ0v) is 16.6. The van der Waals surface area contributed by atoms with Crippen molar-refractivity contribution in [2.45, 2.75) is 32.7 Å². The van der Waals surface area contributed by atoms with Gasteiger partial charge >= 0.3 is 5.97 Å². The van der Waals surface area contributed by atoms with Crippen LogP contribution in [0.2, 0.25) is 0 Å². The van der Waals surface area contributed by atoms with Crippen molar-refractivity contribution in [2.75, 3.05) is 18.1 Å². The molecule has 0 saturated carbocycles. The first-order chi connectivity index (χ1) is 13.2. The number of carbonyl (C=O) groups is 2. The molecule has 6 nitrogen and oxygen atoms in total. The minimum Gasteiger partial charge on any atom is -0.457 e. The molecule has 0 N–H and O–H groups in total. The maximum Gasteiger partial charge on any atom is 0.310 e. The van der Waals surface area contributed by atoms with Gasteiger partial charge in [-0.2, -0.15) is 0 Å². The molecule has 0 aliphatic carbocycles. The topological polar surface area (TPSA) is 82.4 Å². The van der Waals surface area contributed by atoms with Crippen molar-refractivity contribution in [3.8, 4) is 0 Å². The van der Waals surface area contributed by atoms with Crippen LogP contribution in [0.25, 0.3) is 0 Å². The number of hydrogen-bond donors (Lipinski definition) is 0. The maximum atomic E-state index is 13.6. The molecular weight excluding hydrogens is 385 g/mol. The molecule has 1 aliphatic heterocycles. The van der Waals surface area contributed by atoms with Gasteiger partial charge in [-0.25, -0.2) is 12.8 Å². The number of rotatable bonds is 6. The number of benzene rings is 1. The number of hydrogen-bond acceptors (Lipinski definition) is 5. The van der Waals surface area contributed by atoms with Gasteiger partial charge in [0.2, 0.25) is 5.78 Å². The number of sulfone groups is 1. The highest BCUT2D eigenvalue weighted by atomic mass is 32.2. The normalized spacial score (nSPS) is 18.2. The van der Waals surface area contributed by atoms with Crippen LogP contribution in [0.3, 0.4) is 0 Å². The van der Waals surface area contributed by atoms with Crippen molar-refractivity contribution in [3.63, 3.8) is 0 Å². The SMILES string of the molecule is Cc1cc(C(=O)COC(=O)Cc2ccccc2F)c(C)n1[C@@H]1CCS(=O)(=O)C1. The quantitative estimate of drug-likeness (QED) is 0.543. The third-order valence-corrected chi connectivity index (χ3v) is 6.77. The van der Waals surface area contributed by atoms with Gasteiger partial charge in [0, 0.05) is 23.0 Å². The van der Waals surface area contributed by atoms with Crippen molar-refractivity contribution >= 4 is 21.6 Å². The molecule has 150 valence electrons. The van der Waals surface area contributed by atoms with E-state index in [1.807, 2.05) is 11.5 Å². The van der Waals surface area contributed by atoms with E-state index >= 15 is 0 Å². The van der Waals surface area contributed by atoms with Crippen LogP contribution in [0.1, 0.15) is 39.8 Å². The van der Waals surface area contributed by atoms with Crippen LogP contribution in [0, 0.1) is 19.7 Å². The van der Waals surface area contributed by atoms with E-state index in [0.29, 0.717) is 17.7 Å². The fourth-order valence-electron chi connectivity index (χ4n) is 3.67. The number of ketones is 1. The van der Waals surface area contributed by atoms with Gasteiger partial charge in [0.25, 0.3) is 0 Å². The molecular formula is C20H22FNO5S. The fourth-order valence-corrected chi connectivity index (χ4v) is 5.37. The zero-order chi connectivity index (χ0) is 20.5. The molecule has 1 saturated heterocycles. The highest BCUT2D eigenvalue weighted by Crippen LogP contribution is 2.29. The Labute approximate surface area is 163 Å². The minimum atomic E-state index is -3.05. The van der Waals surface area contributed by atoms with Crippen molar-refractivity contribution in [2.24, 2.45) is 0 Å². The first kappa shape index (κ1) is 20.3. The van der Waals surface area contributed by atoms with Gasteiger partial charge in [-0.05, 0) is 38.0 Å². The molecule has 1 aliphatic rings. The van der Waals surface area contributed by atoms with E-state index in [-0.39, 0.29) is 35.3 Å². The lowest BCUT2D eigenvalue weighted by molar-refractivity contribution is -0.141. The number of Topliss-reactive ketones (excluding diaryl/α,β-unsaturated/α-hetero) is 1. The highest BCUT2D eigenvalue weighted by Gasteiger charge is 2.31. The number of carbonyl (C=O) groups excluding carboxylic acids is 2. The molecule has 0 spiro atoms. The van der Waals surface area contributed by atoms with Crippen molar-refractivity contribution in [1.82, 2.24) is 4.57 Å². The monoisotopic (exact) mass is 407 g/mol. The van der Waals surface area contributed by atoms with Crippen LogP contribution in [0.5, 0.6) is 0 Å². The molecule has 0 amide bonds. The largest absolute Gasteiger partial charge is 0.457 e. The van der Waals surface area contributed by atoms with Crippen molar-refractivity contribution in [1.29, 1.82) is 0 Å². The Balaban J connectivity index is 1.66. The van der Waals surface area contributed by atoms with E-state index in [1.54, 1.807) is 19.1 Å². The lowest BCUT2D eigenvalue weighted by atomic mass is 10.1. The molecule has 0 bridgehead atoms. The van der Waals surface area contributed by atoms with E-state index < -0.39 is 28.2 Å². The molecule has 0 unspecified atom stereocenters. The Kier molecular flexibility index (Phi) is 5.69. The van der Waals surface area contributed by atoms with Gasteiger partial charge in [-0.3, -0.25) is 9.59 Å². The third-order valence-electron chi connectivity index (χ3n) is 5.02. The van der Waals surface area contributed by atoms with Crippen LogP contribution in [-0.2, 0) is 25.8 Å². The van der Waals surface area contributed by atoms with Crippen molar-refractivity contribution in [3.05, 3.63) is 58.7 Å². The molecule has 2 heterocycles. The summed E-state index contributed by atoms with van der Waals surface area (Å²) in [4.78, 5) is 24.4. The summed E-state index contributed by atoms with van der Waals surface area (Å²) >= 11 is 0. The van der Waals surface area contributed by atoms with Crippen LogP contribution in [0.4, 0.5) is 4.39 Å². The molecule has 3 rings (SSSR count). The van der Waals surface area contributed by atoms with Gasteiger partial charge in [0.1, 0.15) is 5.82 Å². The summed E-state index contributed by atoms with van der Waals surface area (Å²) in [5.41, 5.74) is 2.07. The van der Waals surface area contributed by atoms with Gasteiger partial charge < -0.3 is 9.30 Å². The number of aromatic nitrogens is 1. The average molecular weight is 407 g/mol. The van der Waals surface area contributed by atoms with E-state index in [2.05, 4.69) is 0 Å². The first-order valence-electron chi connectivity index (χ1n) is 8.99. The smallest absolute Gasteiger partial charge is 0.310 e. The number of ether oxygens (including phenoxy) is 1.